The van der Waals surface area contributed by atoms with Gasteiger partial charge >= 0.3 is 0 Å². The van der Waals surface area contributed by atoms with Crippen LogP contribution in [-0.2, 0) is 0 Å². The highest BCUT2D eigenvalue weighted by molar-refractivity contribution is 14.1. The van der Waals surface area contributed by atoms with E-state index in [4.69, 9.17) is 0 Å². The second kappa shape index (κ2) is 6.16. The molecule has 1 aromatic heterocycles. The molecule has 3 rings (SSSR count). The maximum absolute atomic E-state index is 4.65. The van der Waals surface area contributed by atoms with Crippen molar-refractivity contribution in [1.82, 2.24) is 9.55 Å². The molecule has 1 aliphatic rings. The van der Waals surface area contributed by atoms with Crippen molar-refractivity contribution in [3.8, 4) is 5.69 Å². The molecule has 0 aliphatic heterocycles. The molecule has 106 valence electrons. The van der Waals surface area contributed by atoms with Crippen molar-refractivity contribution in [3.63, 3.8) is 0 Å². The number of benzene rings is 1. The van der Waals surface area contributed by atoms with Crippen LogP contribution in [0, 0.1) is 10.5 Å². The van der Waals surface area contributed by atoms with Crippen LogP contribution in [0.2, 0.25) is 0 Å². The molecule has 0 bridgehead atoms. The summed E-state index contributed by atoms with van der Waals surface area (Å²) >= 11 is 2.33. The van der Waals surface area contributed by atoms with E-state index in [1.165, 1.54) is 41.4 Å². The fourth-order valence-electron chi connectivity index (χ4n) is 2.83. The maximum atomic E-state index is 4.65. The Kier molecular flexibility index (Phi) is 4.29. The Morgan fingerprint density at radius 2 is 1.85 bits per heavy atom. The van der Waals surface area contributed by atoms with Crippen molar-refractivity contribution in [2.45, 2.75) is 45.1 Å². The van der Waals surface area contributed by atoms with E-state index in [1.807, 2.05) is 0 Å². The first-order valence-corrected chi connectivity index (χ1v) is 8.39. The van der Waals surface area contributed by atoms with E-state index in [0.717, 1.165) is 11.6 Å². The van der Waals surface area contributed by atoms with Gasteiger partial charge in [0.25, 0.3) is 0 Å². The standard InChI is InChI=1S/C16H20IN3/c1-12-11-20(15-9-7-13(17)8-10-15)16(18-12)19-14-5-3-2-4-6-14/h7-11,14H,2-6H2,1H3,(H,18,19). The van der Waals surface area contributed by atoms with Crippen LogP contribution in [0.4, 0.5) is 5.95 Å². The molecule has 0 amide bonds. The molecule has 1 heterocycles. The van der Waals surface area contributed by atoms with E-state index in [0.29, 0.717) is 6.04 Å². The highest BCUT2D eigenvalue weighted by Crippen LogP contribution is 2.23. The Hall–Kier alpha value is -1.04. The lowest BCUT2D eigenvalue weighted by molar-refractivity contribution is 0.460. The van der Waals surface area contributed by atoms with Gasteiger partial charge in [0, 0.05) is 21.5 Å². The molecule has 3 nitrogen and oxygen atoms in total. The Balaban J connectivity index is 1.85. The molecule has 0 radical (unpaired) electrons. The Bertz CT molecular complexity index is 568. The summed E-state index contributed by atoms with van der Waals surface area (Å²) in [4.78, 5) is 4.65. The summed E-state index contributed by atoms with van der Waals surface area (Å²) < 4.78 is 3.42. The summed E-state index contributed by atoms with van der Waals surface area (Å²) in [6, 6.07) is 9.14. The van der Waals surface area contributed by atoms with Gasteiger partial charge in [0.1, 0.15) is 0 Å². The summed E-state index contributed by atoms with van der Waals surface area (Å²) in [6.45, 7) is 2.05. The highest BCUT2D eigenvalue weighted by atomic mass is 127. The van der Waals surface area contributed by atoms with Gasteiger partial charge in [0.05, 0.1) is 5.69 Å². The van der Waals surface area contributed by atoms with Crippen LogP contribution in [0.15, 0.2) is 30.5 Å². The second-order valence-corrected chi connectivity index (χ2v) is 6.78. The zero-order valence-electron chi connectivity index (χ0n) is 11.8. The second-order valence-electron chi connectivity index (χ2n) is 5.53. The zero-order valence-corrected chi connectivity index (χ0v) is 13.9. The predicted molar refractivity (Wildman–Crippen MR) is 91.5 cm³/mol. The maximum Gasteiger partial charge on any atom is 0.207 e. The van der Waals surface area contributed by atoms with Crippen molar-refractivity contribution in [2.75, 3.05) is 5.32 Å². The van der Waals surface area contributed by atoms with E-state index >= 15 is 0 Å². The van der Waals surface area contributed by atoms with E-state index in [9.17, 15) is 0 Å². The molecule has 1 aromatic carbocycles. The molecule has 0 spiro atoms. The van der Waals surface area contributed by atoms with Crippen LogP contribution < -0.4 is 5.32 Å². The molecule has 0 saturated heterocycles. The van der Waals surface area contributed by atoms with Crippen molar-refractivity contribution in [2.24, 2.45) is 0 Å². The van der Waals surface area contributed by atoms with E-state index in [2.05, 4.69) is 74.8 Å². The SMILES string of the molecule is Cc1cn(-c2ccc(I)cc2)c(NC2CCCCC2)n1. The van der Waals surface area contributed by atoms with Crippen molar-refractivity contribution in [3.05, 3.63) is 39.7 Å². The number of nitrogens with one attached hydrogen (secondary N) is 1. The number of aryl methyl sites for hydroxylation is 1. The number of rotatable bonds is 3. The Morgan fingerprint density at radius 3 is 2.55 bits per heavy atom. The molecule has 0 unspecified atom stereocenters. The first-order valence-electron chi connectivity index (χ1n) is 7.31. The topological polar surface area (TPSA) is 29.9 Å². The first kappa shape index (κ1) is 13.9. The number of halogens is 1. The molecule has 20 heavy (non-hydrogen) atoms. The summed E-state index contributed by atoms with van der Waals surface area (Å²) in [7, 11) is 0. The lowest BCUT2D eigenvalue weighted by Gasteiger charge is -2.23. The fourth-order valence-corrected chi connectivity index (χ4v) is 3.19. The molecule has 1 aliphatic carbocycles. The first-order chi connectivity index (χ1) is 9.72. The minimum atomic E-state index is 0.577. The molecule has 1 saturated carbocycles. The Morgan fingerprint density at radius 1 is 1.15 bits per heavy atom. The van der Waals surface area contributed by atoms with Gasteiger partial charge in [-0.25, -0.2) is 4.98 Å². The third-order valence-corrected chi connectivity index (χ3v) is 4.59. The van der Waals surface area contributed by atoms with Crippen LogP contribution >= 0.6 is 22.6 Å². The predicted octanol–water partition coefficient (Wildman–Crippen LogP) is 4.53. The van der Waals surface area contributed by atoms with Crippen LogP contribution in [-0.4, -0.2) is 15.6 Å². The summed E-state index contributed by atoms with van der Waals surface area (Å²) in [5, 5.41) is 3.63. The average Bonchev–Trinajstić information content (AvgIpc) is 2.81. The van der Waals surface area contributed by atoms with Gasteiger partial charge in [-0.2, -0.15) is 0 Å². The van der Waals surface area contributed by atoms with E-state index in [-0.39, 0.29) is 0 Å². The van der Waals surface area contributed by atoms with Crippen LogP contribution in [0.5, 0.6) is 0 Å². The molecule has 1 N–H and O–H groups in total. The Labute approximate surface area is 133 Å². The number of nitrogens with zero attached hydrogens (tertiary/aromatic N) is 2. The minimum Gasteiger partial charge on any atom is -0.353 e. The largest absolute Gasteiger partial charge is 0.353 e. The van der Waals surface area contributed by atoms with Crippen molar-refractivity contribution in [1.29, 1.82) is 0 Å². The van der Waals surface area contributed by atoms with Crippen molar-refractivity contribution >= 4 is 28.5 Å². The van der Waals surface area contributed by atoms with Gasteiger partial charge in [-0.15, -0.1) is 0 Å². The number of anilines is 1. The average molecular weight is 381 g/mol. The third kappa shape index (κ3) is 3.16. The molecule has 2 aromatic rings. The number of imidazole rings is 1. The minimum absolute atomic E-state index is 0.577. The summed E-state index contributed by atoms with van der Waals surface area (Å²) in [5.74, 6) is 0.982. The van der Waals surface area contributed by atoms with E-state index in [1.54, 1.807) is 0 Å². The molecular formula is C16H20IN3. The van der Waals surface area contributed by atoms with Gasteiger partial charge in [-0.1, -0.05) is 19.3 Å². The monoisotopic (exact) mass is 381 g/mol. The van der Waals surface area contributed by atoms with Gasteiger partial charge < -0.3 is 5.32 Å². The third-order valence-electron chi connectivity index (χ3n) is 3.87. The van der Waals surface area contributed by atoms with E-state index < -0.39 is 0 Å². The van der Waals surface area contributed by atoms with Gasteiger partial charge in [-0.05, 0) is 66.6 Å². The lowest BCUT2D eigenvalue weighted by atomic mass is 9.96. The van der Waals surface area contributed by atoms with Crippen LogP contribution in [0.3, 0.4) is 0 Å². The quantitative estimate of drug-likeness (QED) is 0.792. The van der Waals surface area contributed by atoms with Gasteiger partial charge in [-0.3, -0.25) is 4.57 Å². The summed E-state index contributed by atoms with van der Waals surface area (Å²) in [6.07, 6.45) is 8.68. The summed E-state index contributed by atoms with van der Waals surface area (Å²) in [5.41, 5.74) is 2.23. The lowest BCUT2D eigenvalue weighted by Crippen LogP contribution is -2.24. The number of hydrogen-bond donors (Lipinski definition) is 1. The molecule has 4 heteroatoms. The van der Waals surface area contributed by atoms with Gasteiger partial charge in [0.2, 0.25) is 5.95 Å². The molecule has 0 atom stereocenters. The molecular weight excluding hydrogens is 361 g/mol. The van der Waals surface area contributed by atoms with Crippen LogP contribution in [0.1, 0.15) is 37.8 Å². The number of hydrogen-bond acceptors (Lipinski definition) is 2. The van der Waals surface area contributed by atoms with Crippen molar-refractivity contribution < 1.29 is 0 Å². The number of aromatic nitrogens is 2. The fraction of sp³-hybridized carbons (Fsp3) is 0.438. The highest BCUT2D eigenvalue weighted by Gasteiger charge is 2.16. The smallest absolute Gasteiger partial charge is 0.207 e. The zero-order chi connectivity index (χ0) is 13.9. The normalized spacial score (nSPS) is 16.3. The molecule has 1 fully saturated rings. The van der Waals surface area contributed by atoms with Crippen LogP contribution in [0.25, 0.3) is 5.69 Å². The van der Waals surface area contributed by atoms with Gasteiger partial charge in [0.15, 0.2) is 0 Å².